The molecule has 0 atom stereocenters. The van der Waals surface area contributed by atoms with Crippen LogP contribution in [0.3, 0.4) is 0 Å². The van der Waals surface area contributed by atoms with Crippen LogP contribution in [0.25, 0.3) is 10.9 Å². The maximum absolute atomic E-state index is 12.7. The zero-order valence-electron chi connectivity index (χ0n) is 11.4. The number of rotatable bonds is 3. The molecule has 0 unspecified atom stereocenters. The molecule has 23 heavy (non-hydrogen) atoms. The monoisotopic (exact) mass is 386 g/mol. The van der Waals surface area contributed by atoms with E-state index in [1.807, 2.05) is 0 Å². The van der Waals surface area contributed by atoms with Gasteiger partial charge in [0, 0.05) is 11.6 Å². The van der Waals surface area contributed by atoms with Crippen LogP contribution in [0.5, 0.6) is 0 Å². The highest BCUT2D eigenvalue weighted by Gasteiger charge is 2.20. The van der Waals surface area contributed by atoms with Gasteiger partial charge in [-0.1, -0.05) is 53.0 Å². The van der Waals surface area contributed by atoms with Crippen LogP contribution in [0, 0.1) is 0 Å². The van der Waals surface area contributed by atoms with Crippen molar-refractivity contribution in [3.8, 4) is 0 Å². The van der Waals surface area contributed by atoms with Gasteiger partial charge >= 0.3 is 0 Å². The fourth-order valence-corrected chi connectivity index (χ4v) is 3.99. The van der Waals surface area contributed by atoms with E-state index in [9.17, 15) is 8.42 Å². The van der Waals surface area contributed by atoms with Crippen molar-refractivity contribution in [2.24, 2.45) is 0 Å². The summed E-state index contributed by atoms with van der Waals surface area (Å²) in [7, 11) is -3.89. The van der Waals surface area contributed by atoms with E-state index in [0.717, 1.165) is 5.39 Å². The van der Waals surface area contributed by atoms with Crippen LogP contribution in [-0.2, 0) is 10.0 Å². The average molecular weight is 388 g/mol. The number of halogens is 3. The number of nitrogens with zero attached hydrogens (tertiary/aromatic N) is 1. The van der Waals surface area contributed by atoms with Crippen LogP contribution < -0.4 is 4.72 Å². The van der Waals surface area contributed by atoms with E-state index in [0.29, 0.717) is 5.52 Å². The van der Waals surface area contributed by atoms with E-state index in [2.05, 4.69) is 9.71 Å². The number of sulfonamides is 1. The Morgan fingerprint density at radius 3 is 2.39 bits per heavy atom. The second kappa shape index (κ2) is 6.17. The van der Waals surface area contributed by atoms with Gasteiger partial charge in [0.15, 0.2) is 0 Å². The minimum absolute atomic E-state index is 0.0535. The van der Waals surface area contributed by atoms with Gasteiger partial charge < -0.3 is 0 Å². The van der Waals surface area contributed by atoms with Gasteiger partial charge in [-0.2, -0.15) is 0 Å². The predicted octanol–water partition coefficient (Wildman–Crippen LogP) is 5.00. The molecule has 1 N–H and O–H groups in total. The largest absolute Gasteiger partial charge is 0.278 e. The number of fused-ring (bicyclic) bond motifs is 1. The van der Waals surface area contributed by atoms with Gasteiger partial charge in [-0.05, 0) is 24.3 Å². The highest BCUT2D eigenvalue weighted by Crippen LogP contribution is 2.34. The Morgan fingerprint density at radius 2 is 1.61 bits per heavy atom. The summed E-state index contributed by atoms with van der Waals surface area (Å²) in [6, 6.07) is 11.2. The van der Waals surface area contributed by atoms with Crippen LogP contribution >= 0.6 is 34.8 Å². The third kappa shape index (κ3) is 3.23. The number of hydrogen-bond donors (Lipinski definition) is 1. The Balaban J connectivity index is 2.10. The van der Waals surface area contributed by atoms with Gasteiger partial charge in [0.25, 0.3) is 10.0 Å². The predicted molar refractivity (Wildman–Crippen MR) is 94.0 cm³/mol. The fraction of sp³-hybridized carbons (Fsp3) is 0. The molecular formula is C15H9Cl3N2O2S. The first-order valence-corrected chi connectivity index (χ1v) is 9.01. The minimum Gasteiger partial charge on any atom is -0.278 e. The van der Waals surface area contributed by atoms with Gasteiger partial charge in [0.2, 0.25) is 0 Å². The molecule has 1 aromatic heterocycles. The Labute approximate surface area is 148 Å². The van der Waals surface area contributed by atoms with Gasteiger partial charge in [0.1, 0.15) is 4.90 Å². The van der Waals surface area contributed by atoms with E-state index in [1.165, 1.54) is 24.4 Å². The molecule has 0 spiro atoms. The molecule has 118 valence electrons. The topological polar surface area (TPSA) is 59.1 Å². The number of pyridine rings is 1. The molecule has 0 radical (unpaired) electrons. The minimum atomic E-state index is -3.89. The van der Waals surface area contributed by atoms with E-state index in [4.69, 9.17) is 34.8 Å². The highest BCUT2D eigenvalue weighted by molar-refractivity contribution is 7.93. The number of benzene rings is 2. The lowest BCUT2D eigenvalue weighted by Gasteiger charge is -2.12. The molecule has 0 aliphatic rings. The number of hydrogen-bond acceptors (Lipinski definition) is 3. The van der Waals surface area contributed by atoms with Gasteiger partial charge in [-0.15, -0.1) is 0 Å². The van der Waals surface area contributed by atoms with E-state index in [-0.39, 0.29) is 25.7 Å². The maximum atomic E-state index is 12.7. The first-order chi connectivity index (χ1) is 10.9. The van der Waals surface area contributed by atoms with Gasteiger partial charge in [-0.25, -0.2) is 8.42 Å². The molecule has 3 rings (SSSR count). The molecule has 8 heteroatoms. The summed E-state index contributed by atoms with van der Waals surface area (Å²) < 4.78 is 27.8. The lowest BCUT2D eigenvalue weighted by atomic mass is 10.2. The van der Waals surface area contributed by atoms with Crippen molar-refractivity contribution in [3.63, 3.8) is 0 Å². The number of aromatic nitrogens is 1. The number of para-hydroxylation sites is 1. The molecule has 0 fully saturated rings. The Bertz CT molecular complexity index is 1000. The molecule has 4 nitrogen and oxygen atoms in total. The molecule has 3 aromatic rings. The molecule has 0 saturated carbocycles. The number of nitrogens with one attached hydrogen (secondary N) is 1. The zero-order chi connectivity index (χ0) is 16.6. The van der Waals surface area contributed by atoms with E-state index < -0.39 is 10.0 Å². The van der Waals surface area contributed by atoms with Crippen molar-refractivity contribution in [1.29, 1.82) is 0 Å². The number of anilines is 1. The Hall–Kier alpha value is -1.53. The molecule has 0 saturated heterocycles. The zero-order valence-corrected chi connectivity index (χ0v) is 14.5. The molecule has 0 aliphatic heterocycles. The molecular weight excluding hydrogens is 379 g/mol. The standard InChI is InChI=1S/C15H9Cl3N2O2S/c16-10-7-12(18)13(8-11(10)17)20-23(21,22)14-5-1-3-9-4-2-6-19-15(9)14/h1-8,20H. The summed E-state index contributed by atoms with van der Waals surface area (Å²) >= 11 is 17.8. The van der Waals surface area contributed by atoms with Crippen molar-refractivity contribution in [2.45, 2.75) is 4.90 Å². The third-order valence-electron chi connectivity index (χ3n) is 3.14. The normalized spacial score (nSPS) is 11.6. The quantitative estimate of drug-likeness (QED) is 0.644. The third-order valence-corrected chi connectivity index (χ3v) is 5.57. The highest BCUT2D eigenvalue weighted by atomic mass is 35.5. The summed E-state index contributed by atoms with van der Waals surface area (Å²) in [5.74, 6) is 0. The maximum Gasteiger partial charge on any atom is 0.264 e. The molecule has 0 amide bonds. The lowest BCUT2D eigenvalue weighted by molar-refractivity contribution is 0.602. The second-order valence-corrected chi connectivity index (χ2v) is 7.56. The van der Waals surface area contributed by atoms with Crippen molar-refractivity contribution in [2.75, 3.05) is 4.72 Å². The van der Waals surface area contributed by atoms with Crippen LogP contribution in [-0.4, -0.2) is 13.4 Å². The van der Waals surface area contributed by atoms with Crippen molar-refractivity contribution >= 4 is 61.4 Å². The summed E-state index contributed by atoms with van der Waals surface area (Å²) in [5.41, 5.74) is 0.521. The smallest absolute Gasteiger partial charge is 0.264 e. The van der Waals surface area contributed by atoms with E-state index >= 15 is 0 Å². The summed E-state index contributed by atoms with van der Waals surface area (Å²) in [4.78, 5) is 4.20. The summed E-state index contributed by atoms with van der Waals surface area (Å²) in [6.45, 7) is 0. The molecule has 0 aliphatic carbocycles. The van der Waals surface area contributed by atoms with Gasteiger partial charge in [-0.3, -0.25) is 9.71 Å². The van der Waals surface area contributed by atoms with Crippen molar-refractivity contribution < 1.29 is 8.42 Å². The summed E-state index contributed by atoms with van der Waals surface area (Å²) in [6.07, 6.45) is 1.54. The lowest BCUT2D eigenvalue weighted by Crippen LogP contribution is -2.14. The molecule has 0 bridgehead atoms. The first-order valence-electron chi connectivity index (χ1n) is 6.39. The summed E-state index contributed by atoms with van der Waals surface area (Å²) in [5, 5.41) is 1.31. The van der Waals surface area contributed by atoms with Crippen LogP contribution in [0.4, 0.5) is 5.69 Å². The Morgan fingerprint density at radius 1 is 0.913 bits per heavy atom. The second-order valence-electron chi connectivity index (χ2n) is 4.68. The van der Waals surface area contributed by atoms with Gasteiger partial charge in [0.05, 0.1) is 26.3 Å². The molecule has 1 heterocycles. The van der Waals surface area contributed by atoms with Crippen molar-refractivity contribution in [3.05, 3.63) is 63.7 Å². The van der Waals surface area contributed by atoms with Crippen molar-refractivity contribution in [1.82, 2.24) is 4.98 Å². The average Bonchev–Trinajstić information content (AvgIpc) is 2.52. The van der Waals surface area contributed by atoms with Crippen LogP contribution in [0.2, 0.25) is 15.1 Å². The first kappa shape index (κ1) is 16.3. The SMILES string of the molecule is O=S(=O)(Nc1cc(Cl)c(Cl)cc1Cl)c1cccc2cccnc12. The van der Waals surface area contributed by atoms with E-state index in [1.54, 1.807) is 24.3 Å². The van der Waals surface area contributed by atoms with Crippen LogP contribution in [0.15, 0.2) is 53.6 Å². The Kier molecular flexibility index (Phi) is 4.38. The van der Waals surface area contributed by atoms with Crippen LogP contribution in [0.1, 0.15) is 0 Å². The fourth-order valence-electron chi connectivity index (χ4n) is 2.09. The molecule has 2 aromatic carbocycles.